The second-order valence-electron chi connectivity index (χ2n) is 5.59. The minimum atomic E-state index is -0.583. The number of carbonyl (C=O) groups is 1. The summed E-state index contributed by atoms with van der Waals surface area (Å²) in [5.41, 5.74) is 2.41. The molecule has 0 radical (unpaired) electrons. The van der Waals surface area contributed by atoms with Crippen molar-refractivity contribution in [3.8, 4) is 11.3 Å². The van der Waals surface area contributed by atoms with Crippen LogP contribution in [0.15, 0.2) is 59.1 Å². The van der Waals surface area contributed by atoms with Crippen LogP contribution in [0.4, 0.5) is 8.78 Å². The molecule has 0 atom stereocenters. The fourth-order valence-electron chi connectivity index (χ4n) is 2.34. The predicted molar refractivity (Wildman–Crippen MR) is 91.9 cm³/mol. The van der Waals surface area contributed by atoms with Gasteiger partial charge >= 0.3 is 5.97 Å². The molecule has 4 nitrogen and oxygen atoms in total. The van der Waals surface area contributed by atoms with Crippen LogP contribution >= 0.6 is 0 Å². The fourth-order valence-corrected chi connectivity index (χ4v) is 2.34. The van der Waals surface area contributed by atoms with Crippen molar-refractivity contribution in [2.45, 2.75) is 13.5 Å². The van der Waals surface area contributed by atoms with Crippen molar-refractivity contribution >= 4 is 12.0 Å². The number of nitrogens with zero attached hydrogens (tertiary/aromatic N) is 1. The van der Waals surface area contributed by atoms with Gasteiger partial charge in [-0.3, -0.25) is 0 Å². The third-order valence-electron chi connectivity index (χ3n) is 3.74. The van der Waals surface area contributed by atoms with Gasteiger partial charge < -0.3 is 9.26 Å². The van der Waals surface area contributed by atoms with E-state index in [1.807, 2.05) is 0 Å². The van der Waals surface area contributed by atoms with E-state index in [4.69, 9.17) is 9.26 Å². The Morgan fingerprint density at radius 3 is 2.65 bits per heavy atom. The van der Waals surface area contributed by atoms with E-state index in [0.29, 0.717) is 28.1 Å². The molecule has 3 aromatic rings. The number of hydrogen-bond acceptors (Lipinski definition) is 4. The number of carbonyl (C=O) groups excluding carboxylic acids is 1. The van der Waals surface area contributed by atoms with E-state index in [0.717, 1.165) is 0 Å². The van der Waals surface area contributed by atoms with Crippen molar-refractivity contribution in [3.05, 3.63) is 83.1 Å². The molecule has 0 aliphatic rings. The van der Waals surface area contributed by atoms with Crippen molar-refractivity contribution < 1.29 is 22.8 Å². The molecule has 6 heteroatoms. The molecule has 3 rings (SSSR count). The molecule has 0 aliphatic carbocycles. The summed E-state index contributed by atoms with van der Waals surface area (Å²) in [6, 6.07) is 11.7. The van der Waals surface area contributed by atoms with Crippen LogP contribution in [-0.2, 0) is 16.1 Å². The molecule has 0 amide bonds. The first-order chi connectivity index (χ1) is 12.5. The van der Waals surface area contributed by atoms with Crippen LogP contribution in [0.3, 0.4) is 0 Å². The summed E-state index contributed by atoms with van der Waals surface area (Å²) in [7, 11) is 0. The highest BCUT2D eigenvalue weighted by molar-refractivity contribution is 5.87. The molecular formula is C20H15F2NO3. The van der Waals surface area contributed by atoms with Crippen molar-refractivity contribution in [2.24, 2.45) is 0 Å². The third-order valence-corrected chi connectivity index (χ3v) is 3.74. The van der Waals surface area contributed by atoms with Gasteiger partial charge in [0.15, 0.2) is 5.76 Å². The van der Waals surface area contributed by atoms with Gasteiger partial charge in [0.25, 0.3) is 0 Å². The lowest BCUT2D eigenvalue weighted by atomic mass is 10.1. The van der Waals surface area contributed by atoms with Crippen molar-refractivity contribution in [3.63, 3.8) is 0 Å². The lowest BCUT2D eigenvalue weighted by molar-refractivity contribution is -0.139. The molecule has 0 unspecified atom stereocenters. The van der Waals surface area contributed by atoms with E-state index >= 15 is 0 Å². The molecule has 0 spiro atoms. The lowest BCUT2D eigenvalue weighted by Crippen LogP contribution is -2.02. The second kappa shape index (κ2) is 7.74. The minimum Gasteiger partial charge on any atom is -0.456 e. The summed E-state index contributed by atoms with van der Waals surface area (Å²) in [4.78, 5) is 11.8. The first-order valence-electron chi connectivity index (χ1n) is 7.84. The zero-order chi connectivity index (χ0) is 18.5. The number of ether oxygens (including phenoxy) is 1. The van der Waals surface area contributed by atoms with E-state index in [2.05, 4.69) is 5.16 Å². The first kappa shape index (κ1) is 17.5. The van der Waals surface area contributed by atoms with Crippen LogP contribution in [0.5, 0.6) is 0 Å². The Morgan fingerprint density at radius 1 is 1.15 bits per heavy atom. The molecule has 26 heavy (non-hydrogen) atoms. The predicted octanol–water partition coefficient (Wildman–Crippen LogP) is 4.68. The Labute approximate surface area is 148 Å². The van der Waals surface area contributed by atoms with Gasteiger partial charge in [0.1, 0.15) is 23.9 Å². The molecule has 132 valence electrons. The number of halogens is 2. The van der Waals surface area contributed by atoms with Gasteiger partial charge in [-0.1, -0.05) is 17.3 Å². The van der Waals surface area contributed by atoms with Crippen molar-refractivity contribution in [1.29, 1.82) is 0 Å². The molecule has 0 bridgehead atoms. The summed E-state index contributed by atoms with van der Waals surface area (Å²) in [5.74, 6) is -0.816. The summed E-state index contributed by atoms with van der Waals surface area (Å²) in [6.45, 7) is 1.71. The van der Waals surface area contributed by atoms with Crippen LogP contribution in [0, 0.1) is 18.6 Å². The quantitative estimate of drug-likeness (QED) is 0.492. The van der Waals surface area contributed by atoms with Gasteiger partial charge in [0.2, 0.25) is 0 Å². The average molecular weight is 355 g/mol. The Kier molecular flexibility index (Phi) is 5.22. The SMILES string of the molecule is Cc1c(COC(=O)/C=C/c2cccc(F)c2)noc1-c1ccc(F)cc1. The summed E-state index contributed by atoms with van der Waals surface area (Å²) < 4.78 is 36.5. The zero-order valence-electron chi connectivity index (χ0n) is 13.9. The Balaban J connectivity index is 1.63. The first-order valence-corrected chi connectivity index (χ1v) is 7.84. The standard InChI is InChI=1S/C20H15F2NO3/c1-13-18(23-26-20(13)15-6-8-16(21)9-7-15)12-25-19(24)10-5-14-3-2-4-17(22)11-14/h2-11H,12H2,1H3/b10-5+. The molecule has 0 aliphatic heterocycles. The molecule has 0 fully saturated rings. The van der Waals surface area contributed by atoms with Gasteiger partial charge in [-0.2, -0.15) is 0 Å². The number of aromatic nitrogens is 1. The van der Waals surface area contributed by atoms with Crippen LogP contribution in [0.2, 0.25) is 0 Å². The van der Waals surface area contributed by atoms with E-state index in [1.54, 1.807) is 31.2 Å². The highest BCUT2D eigenvalue weighted by atomic mass is 19.1. The molecule has 2 aromatic carbocycles. The smallest absolute Gasteiger partial charge is 0.331 e. The van der Waals surface area contributed by atoms with Gasteiger partial charge in [0, 0.05) is 17.2 Å². The summed E-state index contributed by atoms with van der Waals surface area (Å²) in [6.07, 6.45) is 2.68. The zero-order valence-corrected chi connectivity index (χ0v) is 13.9. The van der Waals surface area contributed by atoms with Gasteiger partial charge in [-0.25, -0.2) is 13.6 Å². The second-order valence-corrected chi connectivity index (χ2v) is 5.59. The van der Waals surface area contributed by atoms with Crippen molar-refractivity contribution in [2.75, 3.05) is 0 Å². The van der Waals surface area contributed by atoms with E-state index < -0.39 is 5.97 Å². The maximum atomic E-state index is 13.1. The monoisotopic (exact) mass is 355 g/mol. The number of esters is 1. The Morgan fingerprint density at radius 2 is 1.92 bits per heavy atom. The number of benzene rings is 2. The molecule has 0 N–H and O–H groups in total. The van der Waals surface area contributed by atoms with Crippen LogP contribution in [0.1, 0.15) is 16.8 Å². The van der Waals surface area contributed by atoms with E-state index in [9.17, 15) is 13.6 Å². The highest BCUT2D eigenvalue weighted by Gasteiger charge is 2.15. The van der Waals surface area contributed by atoms with Crippen LogP contribution < -0.4 is 0 Å². The fraction of sp³-hybridized carbons (Fsp3) is 0.100. The van der Waals surface area contributed by atoms with Crippen LogP contribution in [0.25, 0.3) is 17.4 Å². The summed E-state index contributed by atoms with van der Waals surface area (Å²) >= 11 is 0. The van der Waals surface area contributed by atoms with E-state index in [1.165, 1.54) is 36.4 Å². The molecule has 1 heterocycles. The Hall–Kier alpha value is -3.28. The third kappa shape index (κ3) is 4.22. The van der Waals surface area contributed by atoms with Crippen molar-refractivity contribution in [1.82, 2.24) is 5.16 Å². The topological polar surface area (TPSA) is 52.3 Å². The molecular weight excluding hydrogens is 340 g/mol. The van der Waals surface area contributed by atoms with E-state index in [-0.39, 0.29) is 18.2 Å². The van der Waals surface area contributed by atoms with Gasteiger partial charge in [0.05, 0.1) is 0 Å². The lowest BCUT2D eigenvalue weighted by Gasteiger charge is -2.00. The molecule has 1 aromatic heterocycles. The normalized spacial score (nSPS) is 11.0. The summed E-state index contributed by atoms with van der Waals surface area (Å²) in [5, 5.41) is 3.90. The maximum Gasteiger partial charge on any atom is 0.331 e. The van der Waals surface area contributed by atoms with Gasteiger partial charge in [-0.15, -0.1) is 0 Å². The maximum absolute atomic E-state index is 13.1. The minimum absolute atomic E-state index is 0.0666. The average Bonchev–Trinajstić information content (AvgIpc) is 3.00. The van der Waals surface area contributed by atoms with Gasteiger partial charge in [-0.05, 0) is 55.0 Å². The molecule has 0 saturated carbocycles. The highest BCUT2D eigenvalue weighted by Crippen LogP contribution is 2.26. The number of hydrogen-bond donors (Lipinski definition) is 0. The van der Waals surface area contributed by atoms with Crippen LogP contribution in [-0.4, -0.2) is 11.1 Å². The number of rotatable bonds is 5. The largest absolute Gasteiger partial charge is 0.456 e. The Bertz CT molecular complexity index is 946. The molecule has 0 saturated heterocycles.